The van der Waals surface area contributed by atoms with Gasteiger partial charge in [-0.05, 0) is 6.07 Å². The maximum absolute atomic E-state index is 12.1. The number of hydrogen-bond acceptors (Lipinski definition) is 7. The topological polar surface area (TPSA) is 73.1 Å². The van der Waals surface area contributed by atoms with Crippen molar-refractivity contribution in [3.63, 3.8) is 0 Å². The van der Waals surface area contributed by atoms with Crippen molar-refractivity contribution in [2.75, 3.05) is 38.6 Å². The molecule has 3 aromatic rings. The first-order valence-corrected chi connectivity index (χ1v) is 9.30. The summed E-state index contributed by atoms with van der Waals surface area (Å²) < 4.78 is 6.98. The zero-order chi connectivity index (χ0) is 17.2. The number of benzene rings is 1. The predicted molar refractivity (Wildman–Crippen MR) is 97.1 cm³/mol. The lowest BCUT2D eigenvalue weighted by molar-refractivity contribution is 0.0410. The van der Waals surface area contributed by atoms with Crippen LogP contribution in [0.3, 0.4) is 0 Å². The van der Waals surface area contributed by atoms with Crippen LogP contribution in [0.2, 0.25) is 0 Å². The lowest BCUT2D eigenvalue weighted by Crippen LogP contribution is -2.37. The maximum atomic E-state index is 12.1. The summed E-state index contributed by atoms with van der Waals surface area (Å²) >= 11 is 1.57. The number of para-hydroxylation sites is 1. The van der Waals surface area contributed by atoms with Gasteiger partial charge in [-0.2, -0.15) is 0 Å². The number of rotatable bonds is 4. The van der Waals surface area contributed by atoms with Gasteiger partial charge in [-0.1, -0.05) is 30.0 Å². The summed E-state index contributed by atoms with van der Waals surface area (Å²) in [7, 11) is 0. The predicted octanol–water partition coefficient (Wildman–Crippen LogP) is 2.06. The number of morpholine rings is 1. The molecule has 2 aromatic heterocycles. The highest BCUT2D eigenvalue weighted by molar-refractivity contribution is 7.99. The standard InChI is InChI=1S/C17H19N5O2S/c1-12(23)22-14-5-3-2-4-13(14)15-16(22)18-17(20-19-15)25-11-8-21-6-9-24-10-7-21/h2-5H,6-11H2,1H3. The van der Waals surface area contributed by atoms with Gasteiger partial charge in [-0.15, -0.1) is 10.2 Å². The van der Waals surface area contributed by atoms with Crippen LogP contribution in [0.1, 0.15) is 11.7 Å². The van der Waals surface area contributed by atoms with E-state index in [0.717, 1.165) is 49.5 Å². The molecule has 0 aliphatic carbocycles. The van der Waals surface area contributed by atoms with Crippen molar-refractivity contribution in [3.8, 4) is 0 Å². The first-order valence-electron chi connectivity index (χ1n) is 8.32. The number of ether oxygens (including phenoxy) is 1. The van der Waals surface area contributed by atoms with Crippen molar-refractivity contribution < 1.29 is 9.53 Å². The van der Waals surface area contributed by atoms with E-state index < -0.39 is 0 Å². The molecule has 130 valence electrons. The smallest absolute Gasteiger partial charge is 0.229 e. The quantitative estimate of drug-likeness (QED) is 0.662. The Hall–Kier alpha value is -2.03. The van der Waals surface area contributed by atoms with Crippen LogP contribution < -0.4 is 0 Å². The minimum Gasteiger partial charge on any atom is -0.379 e. The molecule has 1 aromatic carbocycles. The average Bonchev–Trinajstić information content (AvgIpc) is 2.96. The van der Waals surface area contributed by atoms with Gasteiger partial charge in [0.15, 0.2) is 5.65 Å². The van der Waals surface area contributed by atoms with Crippen molar-refractivity contribution in [3.05, 3.63) is 24.3 Å². The Morgan fingerprint density at radius 2 is 2.04 bits per heavy atom. The third-order valence-electron chi connectivity index (χ3n) is 4.32. The normalized spacial score (nSPS) is 15.9. The molecule has 8 heteroatoms. The minimum absolute atomic E-state index is 0.0732. The molecule has 0 atom stereocenters. The van der Waals surface area contributed by atoms with Crippen LogP contribution in [-0.2, 0) is 4.74 Å². The van der Waals surface area contributed by atoms with E-state index in [0.29, 0.717) is 16.3 Å². The second kappa shape index (κ2) is 7.07. The fourth-order valence-corrected chi connectivity index (χ4v) is 3.87. The van der Waals surface area contributed by atoms with E-state index in [1.165, 1.54) is 0 Å². The first kappa shape index (κ1) is 16.4. The van der Waals surface area contributed by atoms with Gasteiger partial charge in [-0.25, -0.2) is 4.98 Å². The lowest BCUT2D eigenvalue weighted by Gasteiger charge is -2.26. The van der Waals surface area contributed by atoms with Gasteiger partial charge in [0.05, 0.1) is 18.7 Å². The zero-order valence-corrected chi connectivity index (χ0v) is 14.8. The molecule has 4 rings (SSSR count). The maximum Gasteiger partial charge on any atom is 0.229 e. The van der Waals surface area contributed by atoms with Crippen molar-refractivity contribution >= 4 is 39.7 Å². The molecule has 7 nitrogen and oxygen atoms in total. The second-order valence-corrected chi connectivity index (χ2v) is 7.00. The van der Waals surface area contributed by atoms with E-state index in [1.54, 1.807) is 23.3 Å². The van der Waals surface area contributed by atoms with Gasteiger partial charge in [0, 0.05) is 37.7 Å². The highest BCUT2D eigenvalue weighted by atomic mass is 32.2. The summed E-state index contributed by atoms with van der Waals surface area (Å²) in [6.45, 7) is 6.04. The molecule has 0 unspecified atom stereocenters. The Morgan fingerprint density at radius 3 is 2.84 bits per heavy atom. The Balaban J connectivity index is 1.60. The second-order valence-electron chi connectivity index (χ2n) is 5.94. The van der Waals surface area contributed by atoms with Crippen LogP contribution in [-0.4, -0.2) is 69.2 Å². The van der Waals surface area contributed by atoms with Gasteiger partial charge >= 0.3 is 0 Å². The number of fused-ring (bicyclic) bond motifs is 3. The molecule has 0 radical (unpaired) electrons. The molecule has 1 saturated heterocycles. The Morgan fingerprint density at radius 1 is 1.24 bits per heavy atom. The molecule has 0 spiro atoms. The largest absolute Gasteiger partial charge is 0.379 e. The van der Waals surface area contributed by atoms with Crippen molar-refractivity contribution in [2.24, 2.45) is 0 Å². The van der Waals surface area contributed by atoms with E-state index in [1.807, 2.05) is 24.3 Å². The minimum atomic E-state index is -0.0732. The summed E-state index contributed by atoms with van der Waals surface area (Å²) in [5.41, 5.74) is 2.07. The zero-order valence-electron chi connectivity index (χ0n) is 14.0. The summed E-state index contributed by atoms with van der Waals surface area (Å²) in [5, 5.41) is 10.1. The summed E-state index contributed by atoms with van der Waals surface area (Å²) in [5.74, 6) is 0.809. The van der Waals surface area contributed by atoms with Crippen LogP contribution in [0.15, 0.2) is 29.4 Å². The summed E-state index contributed by atoms with van der Waals surface area (Å²) in [6.07, 6.45) is 0. The molecular weight excluding hydrogens is 338 g/mol. The van der Waals surface area contributed by atoms with E-state index >= 15 is 0 Å². The van der Waals surface area contributed by atoms with Crippen LogP contribution in [0.4, 0.5) is 0 Å². The van der Waals surface area contributed by atoms with Crippen molar-refractivity contribution in [1.82, 2.24) is 24.6 Å². The van der Waals surface area contributed by atoms with E-state index in [9.17, 15) is 4.79 Å². The molecule has 1 aliphatic rings. The number of carbonyl (C=O) groups excluding carboxylic acids is 1. The number of aromatic nitrogens is 4. The van der Waals surface area contributed by atoms with Crippen molar-refractivity contribution in [1.29, 1.82) is 0 Å². The highest BCUT2D eigenvalue weighted by Gasteiger charge is 2.17. The first-order chi connectivity index (χ1) is 12.2. The van der Waals surface area contributed by atoms with Gasteiger partial charge in [-0.3, -0.25) is 14.3 Å². The van der Waals surface area contributed by atoms with E-state index in [2.05, 4.69) is 20.1 Å². The van der Waals surface area contributed by atoms with Crippen LogP contribution in [0.5, 0.6) is 0 Å². The lowest BCUT2D eigenvalue weighted by atomic mass is 10.2. The fourth-order valence-electron chi connectivity index (χ4n) is 3.09. The molecule has 1 aliphatic heterocycles. The molecule has 0 N–H and O–H groups in total. The van der Waals surface area contributed by atoms with Crippen molar-refractivity contribution in [2.45, 2.75) is 12.1 Å². The third kappa shape index (κ3) is 3.24. The van der Waals surface area contributed by atoms with Gasteiger partial charge < -0.3 is 4.74 Å². The van der Waals surface area contributed by atoms with E-state index in [4.69, 9.17) is 4.74 Å². The number of carbonyl (C=O) groups is 1. The monoisotopic (exact) mass is 357 g/mol. The van der Waals surface area contributed by atoms with Gasteiger partial charge in [0.2, 0.25) is 11.1 Å². The molecule has 0 amide bonds. The average molecular weight is 357 g/mol. The fraction of sp³-hybridized carbons (Fsp3) is 0.412. The van der Waals surface area contributed by atoms with Gasteiger partial charge in [0.25, 0.3) is 0 Å². The Bertz CT molecular complexity index is 920. The third-order valence-corrected chi connectivity index (χ3v) is 5.14. The summed E-state index contributed by atoms with van der Waals surface area (Å²) in [4.78, 5) is 19.1. The molecule has 3 heterocycles. The SMILES string of the molecule is CC(=O)n1c2ccccc2c2nnc(SCCN3CCOCC3)nc21. The van der Waals surface area contributed by atoms with Crippen LogP contribution >= 0.6 is 11.8 Å². The Kier molecular flexibility index (Phi) is 4.65. The Labute approximate surface area is 149 Å². The number of nitrogens with zero attached hydrogens (tertiary/aromatic N) is 5. The number of thioether (sulfide) groups is 1. The molecule has 25 heavy (non-hydrogen) atoms. The molecule has 0 saturated carbocycles. The van der Waals surface area contributed by atoms with Gasteiger partial charge in [0.1, 0.15) is 5.52 Å². The molecule has 0 bridgehead atoms. The van der Waals surface area contributed by atoms with E-state index in [-0.39, 0.29) is 5.91 Å². The summed E-state index contributed by atoms with van der Waals surface area (Å²) in [6, 6.07) is 7.69. The highest BCUT2D eigenvalue weighted by Crippen LogP contribution is 2.26. The number of hydrogen-bond donors (Lipinski definition) is 0. The van der Waals surface area contributed by atoms with Crippen LogP contribution in [0.25, 0.3) is 22.1 Å². The molecular formula is C17H19N5O2S. The molecule has 1 fully saturated rings. The van der Waals surface area contributed by atoms with Crippen LogP contribution in [0, 0.1) is 0 Å².